The first kappa shape index (κ1) is 19.0. The van der Waals surface area contributed by atoms with Crippen molar-refractivity contribution in [1.29, 1.82) is 0 Å². The molecule has 142 valence electrons. The number of hydrogen-bond donors (Lipinski definition) is 2. The summed E-state index contributed by atoms with van der Waals surface area (Å²) in [4.78, 5) is 28.7. The van der Waals surface area contributed by atoms with Crippen LogP contribution in [0.25, 0.3) is 0 Å². The van der Waals surface area contributed by atoms with Gasteiger partial charge in [0.05, 0.1) is 6.04 Å². The van der Waals surface area contributed by atoms with Gasteiger partial charge in [-0.2, -0.15) is 0 Å². The van der Waals surface area contributed by atoms with Crippen molar-refractivity contribution in [2.24, 2.45) is 0 Å². The van der Waals surface area contributed by atoms with Gasteiger partial charge < -0.3 is 20.4 Å². The number of hydrogen-bond acceptors (Lipinski definition) is 3. The van der Waals surface area contributed by atoms with E-state index in [0.717, 1.165) is 31.2 Å². The van der Waals surface area contributed by atoms with Gasteiger partial charge in [-0.05, 0) is 51.4 Å². The molecule has 2 aliphatic rings. The van der Waals surface area contributed by atoms with E-state index in [1.807, 2.05) is 43.3 Å². The molecule has 0 radical (unpaired) electrons. The van der Waals surface area contributed by atoms with Crippen molar-refractivity contribution >= 4 is 23.5 Å². The Labute approximate surface area is 159 Å². The van der Waals surface area contributed by atoms with Gasteiger partial charge in [-0.15, -0.1) is 0 Å². The molecule has 1 aromatic rings. The van der Waals surface area contributed by atoms with E-state index in [1.165, 1.54) is 0 Å². The molecule has 1 saturated carbocycles. The SMILES string of the molecule is CN(C)C(CNC(=O)N1CCCC1C(=O)NC1CC1)c1ccccc1Cl. The van der Waals surface area contributed by atoms with Crippen molar-refractivity contribution in [3.8, 4) is 0 Å². The summed E-state index contributed by atoms with van der Waals surface area (Å²) in [6.07, 6.45) is 3.69. The summed E-state index contributed by atoms with van der Waals surface area (Å²) in [5.41, 5.74) is 0.976. The highest BCUT2D eigenvalue weighted by Gasteiger charge is 2.36. The zero-order valence-corrected chi connectivity index (χ0v) is 16.1. The van der Waals surface area contributed by atoms with Crippen molar-refractivity contribution in [2.75, 3.05) is 27.2 Å². The molecule has 7 heteroatoms. The minimum absolute atomic E-state index is 0.0181. The van der Waals surface area contributed by atoms with Crippen LogP contribution in [0.3, 0.4) is 0 Å². The van der Waals surface area contributed by atoms with Crippen molar-refractivity contribution in [2.45, 2.75) is 43.8 Å². The van der Waals surface area contributed by atoms with E-state index in [4.69, 9.17) is 11.6 Å². The van der Waals surface area contributed by atoms with Gasteiger partial charge in [-0.1, -0.05) is 29.8 Å². The Morgan fingerprint density at radius 3 is 2.65 bits per heavy atom. The summed E-state index contributed by atoms with van der Waals surface area (Å²) in [6, 6.07) is 7.41. The molecule has 0 aromatic heterocycles. The van der Waals surface area contributed by atoms with Gasteiger partial charge >= 0.3 is 6.03 Å². The molecule has 2 unspecified atom stereocenters. The minimum atomic E-state index is -0.353. The Morgan fingerprint density at radius 2 is 2.00 bits per heavy atom. The Balaban J connectivity index is 1.60. The third-order valence-corrected chi connectivity index (χ3v) is 5.42. The molecule has 1 aromatic carbocycles. The molecule has 1 saturated heterocycles. The van der Waals surface area contributed by atoms with Gasteiger partial charge in [0.2, 0.25) is 5.91 Å². The maximum absolute atomic E-state index is 12.7. The number of rotatable bonds is 6. The molecule has 2 atom stereocenters. The Bertz CT molecular complexity index is 663. The van der Waals surface area contributed by atoms with Gasteiger partial charge in [-0.25, -0.2) is 4.79 Å². The van der Waals surface area contributed by atoms with Crippen LogP contribution in [-0.4, -0.2) is 61.0 Å². The molecule has 2 N–H and O–H groups in total. The zero-order chi connectivity index (χ0) is 18.7. The molecule has 26 heavy (non-hydrogen) atoms. The summed E-state index contributed by atoms with van der Waals surface area (Å²) in [6.45, 7) is 1.05. The van der Waals surface area contributed by atoms with E-state index in [-0.39, 0.29) is 24.0 Å². The van der Waals surface area contributed by atoms with Crippen LogP contribution in [0.1, 0.15) is 37.3 Å². The lowest BCUT2D eigenvalue weighted by molar-refractivity contribution is -0.124. The fraction of sp³-hybridized carbons (Fsp3) is 0.579. The highest BCUT2D eigenvalue weighted by Crippen LogP contribution is 2.26. The maximum Gasteiger partial charge on any atom is 0.318 e. The van der Waals surface area contributed by atoms with E-state index < -0.39 is 0 Å². The number of likely N-dealkylation sites (tertiary alicyclic amines) is 1. The third kappa shape index (κ3) is 4.48. The van der Waals surface area contributed by atoms with E-state index in [2.05, 4.69) is 10.6 Å². The molecule has 0 bridgehead atoms. The largest absolute Gasteiger partial charge is 0.352 e. The fourth-order valence-corrected chi connectivity index (χ4v) is 3.67. The van der Waals surface area contributed by atoms with E-state index in [1.54, 1.807) is 4.90 Å². The molecular weight excluding hydrogens is 352 g/mol. The Hall–Kier alpha value is -1.79. The van der Waals surface area contributed by atoms with Crippen molar-refractivity contribution < 1.29 is 9.59 Å². The third-order valence-electron chi connectivity index (χ3n) is 5.07. The fourth-order valence-electron chi connectivity index (χ4n) is 3.41. The standard InChI is InChI=1S/C19H27ClN4O2/c1-23(2)17(14-6-3-4-7-15(14)20)12-21-19(26)24-11-5-8-16(24)18(25)22-13-9-10-13/h3-4,6-7,13,16-17H,5,8-12H2,1-2H3,(H,21,26)(H,22,25). The summed E-state index contributed by atoms with van der Waals surface area (Å²) in [5.74, 6) is -0.0181. The van der Waals surface area contributed by atoms with E-state index >= 15 is 0 Å². The summed E-state index contributed by atoms with van der Waals surface area (Å²) >= 11 is 6.32. The van der Waals surface area contributed by atoms with Crippen LogP contribution >= 0.6 is 11.6 Å². The number of carbonyl (C=O) groups is 2. The van der Waals surface area contributed by atoms with Crippen molar-refractivity contribution in [1.82, 2.24) is 20.4 Å². The molecule has 3 rings (SSSR count). The second-order valence-electron chi connectivity index (χ2n) is 7.32. The predicted molar refractivity (Wildman–Crippen MR) is 102 cm³/mol. The highest BCUT2D eigenvalue weighted by atomic mass is 35.5. The number of nitrogens with zero attached hydrogens (tertiary/aromatic N) is 2. The molecular formula is C19H27ClN4O2. The predicted octanol–water partition coefficient (Wildman–Crippen LogP) is 2.40. The van der Waals surface area contributed by atoms with Gasteiger partial charge in [-0.3, -0.25) is 4.79 Å². The van der Waals surface area contributed by atoms with Crippen LogP contribution in [-0.2, 0) is 4.79 Å². The summed E-state index contributed by atoms with van der Waals surface area (Å²) < 4.78 is 0. The van der Waals surface area contributed by atoms with Crippen molar-refractivity contribution in [3.05, 3.63) is 34.9 Å². The molecule has 0 spiro atoms. The lowest BCUT2D eigenvalue weighted by atomic mass is 10.1. The van der Waals surface area contributed by atoms with Crippen molar-refractivity contribution in [3.63, 3.8) is 0 Å². The first-order chi connectivity index (χ1) is 12.5. The van der Waals surface area contributed by atoms with Crippen LogP contribution < -0.4 is 10.6 Å². The molecule has 1 heterocycles. The maximum atomic E-state index is 12.7. The lowest BCUT2D eigenvalue weighted by Crippen LogP contribution is -2.51. The topological polar surface area (TPSA) is 64.7 Å². The number of nitrogens with one attached hydrogen (secondary N) is 2. The number of carbonyl (C=O) groups excluding carboxylic acids is 2. The molecule has 2 fully saturated rings. The highest BCUT2D eigenvalue weighted by molar-refractivity contribution is 6.31. The quantitative estimate of drug-likeness (QED) is 0.798. The van der Waals surface area contributed by atoms with Gasteiger partial charge in [0.15, 0.2) is 0 Å². The first-order valence-electron chi connectivity index (χ1n) is 9.23. The number of benzene rings is 1. The second kappa shape index (κ2) is 8.27. The Morgan fingerprint density at radius 1 is 1.27 bits per heavy atom. The number of likely N-dealkylation sites (N-methyl/N-ethyl adjacent to an activating group) is 1. The van der Waals surface area contributed by atoms with E-state index in [9.17, 15) is 9.59 Å². The van der Waals surface area contributed by atoms with Crippen LogP contribution in [0, 0.1) is 0 Å². The molecule has 3 amide bonds. The lowest BCUT2D eigenvalue weighted by Gasteiger charge is -2.29. The summed E-state index contributed by atoms with van der Waals surface area (Å²) in [7, 11) is 3.92. The van der Waals surface area contributed by atoms with Gasteiger partial charge in [0, 0.05) is 24.2 Å². The van der Waals surface area contributed by atoms with Gasteiger partial charge in [0.25, 0.3) is 0 Å². The molecule has 1 aliphatic heterocycles. The van der Waals surface area contributed by atoms with E-state index in [0.29, 0.717) is 24.2 Å². The monoisotopic (exact) mass is 378 g/mol. The smallest absolute Gasteiger partial charge is 0.318 e. The number of amides is 3. The first-order valence-corrected chi connectivity index (χ1v) is 9.61. The second-order valence-corrected chi connectivity index (χ2v) is 7.73. The summed E-state index contributed by atoms with van der Waals surface area (Å²) in [5, 5.41) is 6.69. The molecule has 6 nitrogen and oxygen atoms in total. The Kier molecular flexibility index (Phi) is 6.04. The van der Waals surface area contributed by atoms with Crippen LogP contribution in [0.15, 0.2) is 24.3 Å². The van der Waals surface area contributed by atoms with Crippen LogP contribution in [0.4, 0.5) is 4.79 Å². The van der Waals surface area contributed by atoms with Crippen LogP contribution in [0.5, 0.6) is 0 Å². The number of urea groups is 1. The molecule has 1 aliphatic carbocycles. The minimum Gasteiger partial charge on any atom is -0.352 e. The van der Waals surface area contributed by atoms with Gasteiger partial charge in [0.1, 0.15) is 6.04 Å². The normalized spacial score (nSPS) is 20.9. The van der Waals surface area contributed by atoms with Crippen LogP contribution in [0.2, 0.25) is 5.02 Å². The average molecular weight is 379 g/mol. The zero-order valence-electron chi connectivity index (χ0n) is 15.4. The number of halogens is 1. The average Bonchev–Trinajstić information content (AvgIpc) is 3.27.